The van der Waals surface area contributed by atoms with E-state index in [1.165, 1.54) is 6.42 Å². The molecule has 2 aliphatic rings. The van der Waals surface area contributed by atoms with Crippen LogP contribution in [0.2, 0.25) is 0 Å². The Balaban J connectivity index is 1.65. The van der Waals surface area contributed by atoms with Gasteiger partial charge in [-0.05, 0) is 38.6 Å². The molecule has 2 aliphatic heterocycles. The number of rotatable bonds is 3. The summed E-state index contributed by atoms with van der Waals surface area (Å²) in [6.07, 6.45) is 5.84. The van der Waals surface area contributed by atoms with Crippen LogP contribution in [0.25, 0.3) is 0 Å². The predicted molar refractivity (Wildman–Crippen MR) is 67.6 cm³/mol. The van der Waals surface area contributed by atoms with Crippen molar-refractivity contribution in [2.45, 2.75) is 50.2 Å². The molecule has 2 atom stereocenters. The van der Waals surface area contributed by atoms with E-state index in [1.807, 2.05) is 0 Å². The third-order valence-corrected chi connectivity index (χ3v) is 3.91. The highest BCUT2D eigenvalue weighted by molar-refractivity contribution is 5.02. The zero-order valence-electron chi connectivity index (χ0n) is 11.1. The number of hydrogen-bond donors (Lipinski definition) is 2. The summed E-state index contributed by atoms with van der Waals surface area (Å²) in [6.45, 7) is 2.23. The van der Waals surface area contributed by atoms with Crippen LogP contribution < -0.4 is 5.32 Å². The van der Waals surface area contributed by atoms with Gasteiger partial charge in [-0.1, -0.05) is 5.16 Å². The van der Waals surface area contributed by atoms with Crippen molar-refractivity contribution in [1.82, 2.24) is 15.5 Å². The Morgan fingerprint density at radius 3 is 3.05 bits per heavy atom. The largest absolute Gasteiger partial charge is 0.379 e. The zero-order valence-corrected chi connectivity index (χ0v) is 11.1. The number of β-amino-alcohol motifs (C(OH)–C–C–N with tert-alkyl or cyclic N) is 1. The van der Waals surface area contributed by atoms with E-state index in [0.29, 0.717) is 31.1 Å². The highest BCUT2D eigenvalue weighted by Crippen LogP contribution is 2.27. The van der Waals surface area contributed by atoms with Gasteiger partial charge in [-0.25, -0.2) is 0 Å². The molecule has 2 fully saturated rings. The smallest absolute Gasteiger partial charge is 0.259 e. The van der Waals surface area contributed by atoms with Crippen molar-refractivity contribution in [3.05, 3.63) is 11.7 Å². The van der Waals surface area contributed by atoms with E-state index in [4.69, 9.17) is 9.26 Å². The Morgan fingerprint density at radius 2 is 2.32 bits per heavy atom. The lowest BCUT2D eigenvalue weighted by molar-refractivity contribution is -0.0167. The topological polar surface area (TPSA) is 80.4 Å². The third kappa shape index (κ3) is 2.96. The maximum absolute atomic E-state index is 10.5. The fraction of sp³-hybridized carbons (Fsp3) is 0.846. The summed E-state index contributed by atoms with van der Waals surface area (Å²) in [7, 11) is 0. The van der Waals surface area contributed by atoms with Crippen LogP contribution >= 0.6 is 0 Å². The van der Waals surface area contributed by atoms with Crippen LogP contribution in [0.3, 0.4) is 0 Å². The molecular formula is C13H21N3O3. The molecule has 106 valence electrons. The molecule has 0 aliphatic carbocycles. The van der Waals surface area contributed by atoms with Crippen molar-refractivity contribution in [2.75, 3.05) is 19.7 Å². The molecule has 6 nitrogen and oxygen atoms in total. The minimum absolute atomic E-state index is 0.193. The van der Waals surface area contributed by atoms with Crippen molar-refractivity contribution in [1.29, 1.82) is 0 Å². The van der Waals surface area contributed by atoms with Gasteiger partial charge in [0.25, 0.3) is 5.89 Å². The van der Waals surface area contributed by atoms with Gasteiger partial charge in [-0.3, -0.25) is 0 Å². The molecule has 2 N–H and O–H groups in total. The van der Waals surface area contributed by atoms with Crippen LogP contribution in [0, 0.1) is 0 Å². The SMILES string of the molecule is OC1(c2nc(CC3CCCCO3)no2)CCCNC1. The lowest BCUT2D eigenvalue weighted by Gasteiger charge is -2.28. The van der Waals surface area contributed by atoms with Gasteiger partial charge in [0, 0.05) is 19.6 Å². The van der Waals surface area contributed by atoms with Crippen LogP contribution in [-0.2, 0) is 16.8 Å². The second-order valence-electron chi connectivity index (χ2n) is 5.52. The van der Waals surface area contributed by atoms with E-state index >= 15 is 0 Å². The number of hydrogen-bond acceptors (Lipinski definition) is 6. The summed E-state index contributed by atoms with van der Waals surface area (Å²) in [5.41, 5.74) is -1.00. The fourth-order valence-electron chi connectivity index (χ4n) is 2.77. The highest BCUT2D eigenvalue weighted by atomic mass is 16.5. The molecule has 1 aromatic rings. The van der Waals surface area contributed by atoms with E-state index in [0.717, 1.165) is 32.4 Å². The molecule has 6 heteroatoms. The second kappa shape index (κ2) is 5.56. The van der Waals surface area contributed by atoms with Crippen molar-refractivity contribution >= 4 is 0 Å². The molecule has 0 amide bonds. The monoisotopic (exact) mass is 267 g/mol. The van der Waals surface area contributed by atoms with Crippen LogP contribution in [0.5, 0.6) is 0 Å². The van der Waals surface area contributed by atoms with E-state index in [-0.39, 0.29) is 6.10 Å². The van der Waals surface area contributed by atoms with Gasteiger partial charge in [0.05, 0.1) is 6.10 Å². The summed E-state index contributed by atoms with van der Waals surface area (Å²) in [5, 5.41) is 17.6. The number of aliphatic hydroxyl groups is 1. The molecule has 0 spiro atoms. The molecule has 0 radical (unpaired) electrons. The van der Waals surface area contributed by atoms with Gasteiger partial charge in [0.15, 0.2) is 11.4 Å². The number of aromatic nitrogens is 2. The average molecular weight is 267 g/mol. The Morgan fingerprint density at radius 1 is 1.37 bits per heavy atom. The molecule has 3 heterocycles. The van der Waals surface area contributed by atoms with Crippen LogP contribution in [0.4, 0.5) is 0 Å². The van der Waals surface area contributed by atoms with Gasteiger partial charge in [-0.15, -0.1) is 0 Å². The van der Waals surface area contributed by atoms with Crippen LogP contribution in [0.1, 0.15) is 43.8 Å². The number of ether oxygens (including phenoxy) is 1. The molecule has 3 rings (SSSR count). The first-order valence-corrected chi connectivity index (χ1v) is 7.14. The van der Waals surface area contributed by atoms with Crippen LogP contribution in [0.15, 0.2) is 4.52 Å². The lowest BCUT2D eigenvalue weighted by Crippen LogP contribution is -2.43. The summed E-state index contributed by atoms with van der Waals surface area (Å²) < 4.78 is 10.9. The zero-order chi connectivity index (χ0) is 13.1. The average Bonchev–Trinajstić information content (AvgIpc) is 2.90. The van der Waals surface area contributed by atoms with E-state index < -0.39 is 5.60 Å². The quantitative estimate of drug-likeness (QED) is 0.841. The number of nitrogens with one attached hydrogen (secondary N) is 1. The number of piperidine rings is 1. The first kappa shape index (κ1) is 13.0. The maximum atomic E-state index is 10.5. The Hall–Kier alpha value is -0.980. The first-order chi connectivity index (χ1) is 9.26. The van der Waals surface area contributed by atoms with Crippen molar-refractivity contribution in [3.8, 4) is 0 Å². The molecule has 0 bridgehead atoms. The summed E-state index contributed by atoms with van der Waals surface area (Å²) in [6, 6.07) is 0. The lowest BCUT2D eigenvalue weighted by atomic mass is 9.94. The van der Waals surface area contributed by atoms with Gasteiger partial charge in [-0.2, -0.15) is 4.98 Å². The van der Waals surface area contributed by atoms with E-state index in [1.54, 1.807) is 0 Å². The molecule has 0 aromatic carbocycles. The minimum Gasteiger partial charge on any atom is -0.379 e. The normalized spacial score (nSPS) is 32.4. The molecule has 1 aromatic heterocycles. The summed E-state index contributed by atoms with van der Waals surface area (Å²) in [5.74, 6) is 0.978. The Labute approximate surface area is 112 Å². The van der Waals surface area contributed by atoms with Crippen LogP contribution in [-0.4, -0.2) is 41.0 Å². The van der Waals surface area contributed by atoms with Crippen molar-refractivity contribution in [3.63, 3.8) is 0 Å². The number of nitrogens with zero attached hydrogens (tertiary/aromatic N) is 2. The molecular weight excluding hydrogens is 246 g/mol. The fourth-order valence-corrected chi connectivity index (χ4v) is 2.77. The molecule has 2 unspecified atom stereocenters. The summed E-state index contributed by atoms with van der Waals surface area (Å²) >= 11 is 0. The third-order valence-electron chi connectivity index (χ3n) is 3.91. The molecule has 19 heavy (non-hydrogen) atoms. The van der Waals surface area contributed by atoms with Crippen molar-refractivity contribution in [2.24, 2.45) is 0 Å². The van der Waals surface area contributed by atoms with E-state index in [9.17, 15) is 5.11 Å². The van der Waals surface area contributed by atoms with Gasteiger partial charge >= 0.3 is 0 Å². The highest BCUT2D eigenvalue weighted by Gasteiger charge is 2.37. The Kier molecular flexibility index (Phi) is 3.81. The van der Waals surface area contributed by atoms with Gasteiger partial charge in [0.1, 0.15) is 0 Å². The van der Waals surface area contributed by atoms with E-state index in [2.05, 4.69) is 15.5 Å². The molecule has 0 saturated carbocycles. The standard InChI is InChI=1S/C13H21N3O3/c17-13(5-3-6-14-9-13)12-15-11(16-19-12)8-10-4-1-2-7-18-10/h10,14,17H,1-9H2. The predicted octanol–water partition coefficient (Wildman–Crippen LogP) is 0.752. The van der Waals surface area contributed by atoms with Gasteiger partial charge < -0.3 is 19.7 Å². The van der Waals surface area contributed by atoms with Gasteiger partial charge in [0.2, 0.25) is 0 Å². The minimum atomic E-state index is -1.00. The maximum Gasteiger partial charge on any atom is 0.259 e. The second-order valence-corrected chi connectivity index (χ2v) is 5.52. The van der Waals surface area contributed by atoms with Crippen molar-refractivity contribution < 1.29 is 14.4 Å². The first-order valence-electron chi connectivity index (χ1n) is 7.14. The Bertz CT molecular complexity index is 409. The summed E-state index contributed by atoms with van der Waals surface area (Å²) in [4.78, 5) is 4.35. The molecule has 2 saturated heterocycles.